The first-order valence-corrected chi connectivity index (χ1v) is 14.9. The Morgan fingerprint density at radius 2 is 1.73 bits per heavy atom. The molecule has 12 nitrogen and oxygen atoms in total. The van der Waals surface area contributed by atoms with Gasteiger partial charge in [-0.2, -0.15) is 0 Å². The maximum Gasteiger partial charge on any atom is 0.229 e. The van der Waals surface area contributed by atoms with E-state index in [1.165, 1.54) is 24.4 Å². The first kappa shape index (κ1) is 30.4. The van der Waals surface area contributed by atoms with Gasteiger partial charge in [-0.1, -0.05) is 19.3 Å². The number of rotatable bonds is 7. The minimum Gasteiger partial charge on any atom is -0.507 e. The second-order valence-corrected chi connectivity index (χ2v) is 11.9. The zero-order chi connectivity index (χ0) is 31.3. The highest BCUT2D eigenvalue weighted by Gasteiger charge is 2.46. The number of hydrogen-bond donors (Lipinski definition) is 7. The fraction of sp³-hybridized carbons (Fsp3) is 0.469. The van der Waals surface area contributed by atoms with Crippen molar-refractivity contribution in [3.05, 3.63) is 58.3 Å². The summed E-state index contributed by atoms with van der Waals surface area (Å²) in [5.41, 5.74) is 0.192. The number of phenolic OH excluding ortho intramolecular Hbond substituents is 1. The van der Waals surface area contributed by atoms with E-state index in [4.69, 9.17) is 9.47 Å². The van der Waals surface area contributed by atoms with Crippen LogP contribution in [0.3, 0.4) is 0 Å². The molecule has 6 unspecified atom stereocenters. The SMILES string of the molecule is Cc1cc(O)c2c(c1)C(=O)c1c(c(OC3OC(CO)C(O)C(O)C3O)cc3c(NCC(O)C4CCCCC4)nccc13)C2=O. The zero-order valence-electron chi connectivity index (χ0n) is 24.1. The number of fused-ring (bicyclic) bond motifs is 4. The third-order valence-corrected chi connectivity index (χ3v) is 8.98. The molecule has 6 atom stereocenters. The smallest absolute Gasteiger partial charge is 0.229 e. The number of aliphatic hydroxyl groups excluding tert-OH is 5. The summed E-state index contributed by atoms with van der Waals surface area (Å²) in [5, 5.41) is 66.5. The number of nitrogens with one attached hydrogen (secondary N) is 1. The van der Waals surface area contributed by atoms with Gasteiger partial charge in [0.05, 0.1) is 23.8 Å². The van der Waals surface area contributed by atoms with Crippen LogP contribution in [0.2, 0.25) is 0 Å². The van der Waals surface area contributed by atoms with Gasteiger partial charge in [0.25, 0.3) is 0 Å². The number of carbonyl (C=O) groups excluding carboxylic acids is 2. The maximum absolute atomic E-state index is 14.1. The highest BCUT2D eigenvalue weighted by atomic mass is 16.7. The molecule has 234 valence electrons. The first-order valence-electron chi connectivity index (χ1n) is 14.9. The molecular formula is C32H36N2O10. The Hall–Kier alpha value is -3.65. The second kappa shape index (κ2) is 12.0. The van der Waals surface area contributed by atoms with Crippen LogP contribution in [0, 0.1) is 12.8 Å². The van der Waals surface area contributed by atoms with Crippen LogP contribution in [0.25, 0.3) is 10.8 Å². The summed E-state index contributed by atoms with van der Waals surface area (Å²) in [6.45, 7) is 1.19. The number of aromatic nitrogens is 1. The summed E-state index contributed by atoms with van der Waals surface area (Å²) in [5.74, 6) is -1.36. The number of nitrogens with zero attached hydrogens (tertiary/aromatic N) is 1. The van der Waals surface area contributed by atoms with Crippen molar-refractivity contribution >= 4 is 28.2 Å². The van der Waals surface area contributed by atoms with Crippen LogP contribution >= 0.6 is 0 Å². The van der Waals surface area contributed by atoms with Crippen LogP contribution in [0.15, 0.2) is 30.5 Å². The molecule has 0 radical (unpaired) electrons. The number of aryl methyl sites for hydroxylation is 1. The van der Waals surface area contributed by atoms with Gasteiger partial charge in [0.15, 0.2) is 5.78 Å². The van der Waals surface area contributed by atoms with E-state index in [1.54, 1.807) is 13.0 Å². The average molecular weight is 609 g/mol. The fourth-order valence-electron chi connectivity index (χ4n) is 6.61. The lowest BCUT2D eigenvalue weighted by molar-refractivity contribution is -0.277. The number of carbonyl (C=O) groups is 2. The number of aromatic hydroxyl groups is 1. The van der Waals surface area contributed by atoms with Gasteiger partial charge in [-0.15, -0.1) is 0 Å². The van der Waals surface area contributed by atoms with Crippen molar-refractivity contribution in [2.45, 2.75) is 75.8 Å². The Balaban J connectivity index is 1.47. The molecule has 3 aromatic rings. The molecule has 0 bridgehead atoms. The average Bonchev–Trinajstić information content (AvgIpc) is 3.02. The Morgan fingerprint density at radius 1 is 0.977 bits per heavy atom. The topological polar surface area (TPSA) is 199 Å². The molecule has 1 aromatic heterocycles. The number of aliphatic hydroxyl groups is 5. The van der Waals surface area contributed by atoms with Crippen LogP contribution in [0.4, 0.5) is 5.82 Å². The van der Waals surface area contributed by atoms with E-state index < -0.39 is 55.0 Å². The van der Waals surface area contributed by atoms with Crippen LogP contribution in [0.5, 0.6) is 11.5 Å². The van der Waals surface area contributed by atoms with Crippen molar-refractivity contribution < 1.29 is 49.7 Å². The van der Waals surface area contributed by atoms with Crippen molar-refractivity contribution in [2.24, 2.45) is 5.92 Å². The van der Waals surface area contributed by atoms with E-state index in [9.17, 15) is 40.2 Å². The first-order chi connectivity index (χ1) is 21.1. The molecule has 0 amide bonds. The second-order valence-electron chi connectivity index (χ2n) is 11.9. The van der Waals surface area contributed by atoms with Gasteiger partial charge in [0.1, 0.15) is 41.7 Å². The van der Waals surface area contributed by atoms with E-state index in [0.717, 1.165) is 32.1 Å². The molecule has 2 fully saturated rings. The highest BCUT2D eigenvalue weighted by Crippen LogP contribution is 2.43. The van der Waals surface area contributed by atoms with Crippen molar-refractivity contribution in [1.29, 1.82) is 0 Å². The minimum atomic E-state index is -1.78. The van der Waals surface area contributed by atoms with Gasteiger partial charge in [-0.3, -0.25) is 9.59 Å². The van der Waals surface area contributed by atoms with Crippen molar-refractivity contribution in [2.75, 3.05) is 18.5 Å². The quantitative estimate of drug-likeness (QED) is 0.160. The summed E-state index contributed by atoms with van der Waals surface area (Å²) in [7, 11) is 0. The largest absolute Gasteiger partial charge is 0.507 e. The fourth-order valence-corrected chi connectivity index (χ4v) is 6.61. The number of phenols is 1. The van der Waals surface area contributed by atoms with E-state index in [0.29, 0.717) is 22.2 Å². The number of ether oxygens (including phenoxy) is 2. The summed E-state index contributed by atoms with van der Waals surface area (Å²) in [6, 6.07) is 5.92. The Bertz CT molecular complexity index is 1600. The monoisotopic (exact) mass is 608 g/mol. The molecule has 1 aliphatic heterocycles. The van der Waals surface area contributed by atoms with Crippen LogP contribution in [-0.4, -0.2) is 97.2 Å². The zero-order valence-corrected chi connectivity index (χ0v) is 24.1. The van der Waals surface area contributed by atoms with Crippen LogP contribution in [-0.2, 0) is 4.74 Å². The number of hydrogen-bond acceptors (Lipinski definition) is 12. The third kappa shape index (κ3) is 5.21. The van der Waals surface area contributed by atoms with Gasteiger partial charge >= 0.3 is 0 Å². The van der Waals surface area contributed by atoms with Crippen LogP contribution in [0.1, 0.15) is 69.5 Å². The molecular weight excluding hydrogens is 572 g/mol. The molecule has 12 heteroatoms. The predicted molar refractivity (Wildman–Crippen MR) is 157 cm³/mol. The molecule has 7 N–H and O–H groups in total. The van der Waals surface area contributed by atoms with Crippen molar-refractivity contribution in [1.82, 2.24) is 4.98 Å². The standard InChI is InChI=1S/C32H36N2O10/c1-14-9-18-23(19(36)10-14)28(40)25-21(43-32-30(42)29(41)27(39)22(13-35)44-32)11-17-16(24(25)26(18)38)7-8-33-31(17)34-12-20(37)15-5-3-2-4-6-15/h7-11,15,20,22,27,29-30,32,35-37,39,41-42H,2-6,12-13H2,1H3,(H,33,34). The molecule has 0 spiro atoms. The lowest BCUT2D eigenvalue weighted by Gasteiger charge is -2.40. The van der Waals surface area contributed by atoms with Crippen molar-refractivity contribution in [3.63, 3.8) is 0 Å². The molecule has 44 heavy (non-hydrogen) atoms. The Morgan fingerprint density at radius 3 is 2.45 bits per heavy atom. The lowest BCUT2D eigenvalue weighted by atomic mass is 9.80. The number of anilines is 1. The molecule has 3 aliphatic rings. The molecule has 1 saturated carbocycles. The molecule has 1 saturated heterocycles. The maximum atomic E-state index is 14.1. The summed E-state index contributed by atoms with van der Waals surface area (Å²) in [4.78, 5) is 32.5. The Kier molecular flexibility index (Phi) is 8.31. The lowest BCUT2D eigenvalue weighted by Crippen LogP contribution is -2.60. The van der Waals surface area contributed by atoms with Gasteiger partial charge < -0.3 is 45.4 Å². The predicted octanol–water partition coefficient (Wildman–Crippen LogP) is 1.56. The molecule has 2 heterocycles. The van der Waals surface area contributed by atoms with Crippen molar-refractivity contribution in [3.8, 4) is 11.5 Å². The molecule has 6 rings (SSSR count). The van der Waals surface area contributed by atoms with E-state index in [1.807, 2.05) is 0 Å². The van der Waals surface area contributed by atoms with Gasteiger partial charge in [-0.05, 0) is 60.9 Å². The van der Waals surface area contributed by atoms with E-state index in [2.05, 4.69) is 10.3 Å². The minimum absolute atomic E-state index is 0.0112. The summed E-state index contributed by atoms with van der Waals surface area (Å²) in [6.07, 6.45) is -2.10. The molecule has 2 aliphatic carbocycles. The number of benzene rings is 2. The molecule has 2 aromatic carbocycles. The number of ketones is 2. The van der Waals surface area contributed by atoms with E-state index in [-0.39, 0.29) is 46.2 Å². The normalized spacial score (nSPS) is 26.3. The van der Waals surface area contributed by atoms with Gasteiger partial charge in [0.2, 0.25) is 12.1 Å². The van der Waals surface area contributed by atoms with E-state index >= 15 is 0 Å². The third-order valence-electron chi connectivity index (χ3n) is 8.98. The summed E-state index contributed by atoms with van der Waals surface area (Å²) >= 11 is 0. The summed E-state index contributed by atoms with van der Waals surface area (Å²) < 4.78 is 11.5. The Labute approximate surface area is 252 Å². The van der Waals surface area contributed by atoms with Crippen LogP contribution < -0.4 is 10.1 Å². The van der Waals surface area contributed by atoms with Gasteiger partial charge in [-0.25, -0.2) is 4.98 Å². The van der Waals surface area contributed by atoms with Gasteiger partial charge in [0, 0.05) is 29.3 Å². The highest BCUT2D eigenvalue weighted by molar-refractivity contribution is 6.34. The number of pyridine rings is 1.